The van der Waals surface area contributed by atoms with Gasteiger partial charge >= 0.3 is 0 Å². The van der Waals surface area contributed by atoms with Crippen molar-refractivity contribution in [1.82, 2.24) is 30.3 Å². The molecule has 0 aliphatic carbocycles. The largest absolute Gasteiger partial charge is 0.379 e. The lowest BCUT2D eigenvalue weighted by molar-refractivity contribution is 0.0342. The second-order valence-electron chi connectivity index (χ2n) is 6.85. The Morgan fingerprint density at radius 3 is 2.55 bits per heavy atom. The van der Waals surface area contributed by atoms with Crippen molar-refractivity contribution >= 4 is 29.9 Å². The van der Waals surface area contributed by atoms with Crippen LogP contribution in [0.3, 0.4) is 0 Å². The van der Waals surface area contributed by atoms with E-state index in [4.69, 9.17) is 4.74 Å². The first-order chi connectivity index (χ1) is 13.8. The third-order valence-electron chi connectivity index (χ3n) is 4.87. The minimum atomic E-state index is 0. The number of halogens is 1. The van der Waals surface area contributed by atoms with Crippen LogP contribution in [0.1, 0.15) is 23.9 Å². The summed E-state index contributed by atoms with van der Waals surface area (Å²) in [4.78, 5) is 6.73. The molecule has 160 valence electrons. The van der Waals surface area contributed by atoms with Crippen LogP contribution in [0.4, 0.5) is 0 Å². The number of hydrogen-bond acceptors (Lipinski definition) is 5. The van der Waals surface area contributed by atoms with Crippen LogP contribution in [0.25, 0.3) is 0 Å². The van der Waals surface area contributed by atoms with Gasteiger partial charge < -0.3 is 19.9 Å². The average molecular weight is 513 g/mol. The number of rotatable bonds is 8. The van der Waals surface area contributed by atoms with Gasteiger partial charge in [0.1, 0.15) is 12.2 Å². The predicted octanol–water partition coefficient (Wildman–Crippen LogP) is 1.66. The molecular formula is C20H32IN7O. The molecule has 1 saturated heterocycles. The summed E-state index contributed by atoms with van der Waals surface area (Å²) in [6, 6.07) is 8.78. The van der Waals surface area contributed by atoms with E-state index in [0.717, 1.165) is 70.7 Å². The van der Waals surface area contributed by atoms with Gasteiger partial charge in [-0.2, -0.15) is 0 Å². The molecule has 1 aromatic carbocycles. The van der Waals surface area contributed by atoms with Crippen LogP contribution in [0, 0.1) is 0 Å². The summed E-state index contributed by atoms with van der Waals surface area (Å²) in [7, 11) is 1.79. The van der Waals surface area contributed by atoms with Crippen molar-refractivity contribution in [1.29, 1.82) is 0 Å². The number of ether oxygens (including phenoxy) is 1. The van der Waals surface area contributed by atoms with E-state index in [2.05, 4.69) is 66.5 Å². The van der Waals surface area contributed by atoms with Gasteiger partial charge in [-0.1, -0.05) is 31.2 Å². The van der Waals surface area contributed by atoms with Gasteiger partial charge in [0.2, 0.25) is 0 Å². The van der Waals surface area contributed by atoms with Crippen molar-refractivity contribution in [2.75, 3.05) is 39.9 Å². The fourth-order valence-electron chi connectivity index (χ4n) is 3.22. The molecular weight excluding hydrogens is 481 g/mol. The number of aliphatic imine (C=N–C) groups is 1. The Morgan fingerprint density at radius 2 is 1.86 bits per heavy atom. The first-order valence-corrected chi connectivity index (χ1v) is 9.97. The number of morpholine rings is 1. The summed E-state index contributed by atoms with van der Waals surface area (Å²) in [5, 5.41) is 14.8. The maximum absolute atomic E-state index is 5.41. The molecule has 2 N–H and O–H groups in total. The lowest BCUT2D eigenvalue weighted by Gasteiger charge is -2.26. The number of nitrogens with zero attached hydrogens (tertiary/aromatic N) is 5. The summed E-state index contributed by atoms with van der Waals surface area (Å²) >= 11 is 0. The maximum Gasteiger partial charge on any atom is 0.191 e. The molecule has 3 rings (SSSR count). The van der Waals surface area contributed by atoms with Gasteiger partial charge in [-0.05, 0) is 11.1 Å². The van der Waals surface area contributed by atoms with Crippen LogP contribution < -0.4 is 10.6 Å². The fourth-order valence-corrected chi connectivity index (χ4v) is 3.22. The zero-order chi connectivity index (χ0) is 19.6. The molecule has 1 aliphatic rings. The van der Waals surface area contributed by atoms with Gasteiger partial charge in [-0.25, -0.2) is 0 Å². The van der Waals surface area contributed by atoms with E-state index in [9.17, 15) is 0 Å². The van der Waals surface area contributed by atoms with Crippen molar-refractivity contribution < 1.29 is 4.74 Å². The Morgan fingerprint density at radius 1 is 1.14 bits per heavy atom. The van der Waals surface area contributed by atoms with Gasteiger partial charge in [0, 0.05) is 52.7 Å². The van der Waals surface area contributed by atoms with Crippen LogP contribution in [0.15, 0.2) is 35.6 Å². The quantitative estimate of drug-likeness (QED) is 0.318. The van der Waals surface area contributed by atoms with Crippen molar-refractivity contribution in [2.45, 2.75) is 33.0 Å². The molecule has 8 nitrogen and oxygen atoms in total. The van der Waals surface area contributed by atoms with E-state index in [0.29, 0.717) is 0 Å². The van der Waals surface area contributed by atoms with Gasteiger partial charge in [-0.15, -0.1) is 34.2 Å². The first kappa shape index (κ1) is 23.6. The van der Waals surface area contributed by atoms with Crippen LogP contribution in [0.5, 0.6) is 0 Å². The molecule has 2 aromatic rings. The second kappa shape index (κ2) is 12.8. The maximum atomic E-state index is 5.41. The van der Waals surface area contributed by atoms with Crippen molar-refractivity contribution in [3.8, 4) is 0 Å². The Hall–Kier alpha value is -1.72. The van der Waals surface area contributed by atoms with E-state index < -0.39 is 0 Å². The number of guanidine groups is 1. The Bertz CT molecular complexity index is 742. The van der Waals surface area contributed by atoms with E-state index in [1.807, 2.05) is 0 Å². The molecule has 2 heterocycles. The summed E-state index contributed by atoms with van der Waals surface area (Å²) in [6.45, 7) is 9.10. The summed E-state index contributed by atoms with van der Waals surface area (Å²) < 4.78 is 7.47. The van der Waals surface area contributed by atoms with Crippen LogP contribution in [-0.2, 0) is 30.8 Å². The minimum absolute atomic E-state index is 0. The highest BCUT2D eigenvalue weighted by Gasteiger charge is 2.10. The number of benzene rings is 1. The molecule has 0 radical (unpaired) electrons. The first-order valence-electron chi connectivity index (χ1n) is 9.97. The zero-order valence-corrected chi connectivity index (χ0v) is 19.6. The number of hydrogen-bond donors (Lipinski definition) is 2. The summed E-state index contributed by atoms with van der Waals surface area (Å²) in [5.41, 5.74) is 2.58. The van der Waals surface area contributed by atoms with Crippen LogP contribution in [-0.4, -0.2) is 65.5 Å². The highest BCUT2D eigenvalue weighted by Crippen LogP contribution is 2.09. The van der Waals surface area contributed by atoms with Crippen LogP contribution >= 0.6 is 24.0 Å². The van der Waals surface area contributed by atoms with Crippen LogP contribution in [0.2, 0.25) is 0 Å². The molecule has 0 amide bonds. The van der Waals surface area contributed by atoms with E-state index in [1.165, 1.54) is 11.1 Å². The van der Waals surface area contributed by atoms with Gasteiger partial charge in [0.15, 0.2) is 5.96 Å². The number of aryl methyl sites for hydroxylation is 1. The lowest BCUT2D eigenvalue weighted by atomic mass is 10.1. The third-order valence-corrected chi connectivity index (χ3v) is 4.87. The molecule has 1 fully saturated rings. The summed E-state index contributed by atoms with van der Waals surface area (Å²) in [6.07, 6.45) is 2.66. The van der Waals surface area contributed by atoms with Crippen molar-refractivity contribution in [2.24, 2.45) is 4.99 Å². The molecule has 0 saturated carbocycles. The lowest BCUT2D eigenvalue weighted by Crippen LogP contribution is -2.38. The SMILES string of the molecule is CCc1nncn1CCNC(=NC)NCc1ccc(CN2CCOCC2)cc1.I. The van der Waals surface area contributed by atoms with E-state index in [1.54, 1.807) is 13.4 Å². The minimum Gasteiger partial charge on any atom is -0.379 e. The Balaban J connectivity index is 0.00000300. The molecule has 0 unspecified atom stereocenters. The smallest absolute Gasteiger partial charge is 0.191 e. The van der Waals surface area contributed by atoms with Crippen molar-refractivity contribution in [3.05, 3.63) is 47.5 Å². The molecule has 1 aliphatic heterocycles. The Labute approximate surface area is 190 Å². The molecule has 29 heavy (non-hydrogen) atoms. The highest BCUT2D eigenvalue weighted by atomic mass is 127. The molecule has 0 bridgehead atoms. The average Bonchev–Trinajstić information content (AvgIpc) is 3.20. The zero-order valence-electron chi connectivity index (χ0n) is 17.3. The topological polar surface area (TPSA) is 79.6 Å². The third kappa shape index (κ3) is 7.56. The molecule has 1 aromatic heterocycles. The standard InChI is InChI=1S/C20H31N7O.HI/c1-3-19-25-24-16-27(19)9-8-22-20(21-2)23-14-17-4-6-18(7-5-17)15-26-10-12-28-13-11-26;/h4-7,16H,3,8-15H2,1-2H3,(H2,21,22,23);1H. The molecule has 0 spiro atoms. The van der Waals surface area contributed by atoms with E-state index in [-0.39, 0.29) is 24.0 Å². The highest BCUT2D eigenvalue weighted by molar-refractivity contribution is 14.0. The summed E-state index contributed by atoms with van der Waals surface area (Å²) in [5.74, 6) is 1.80. The Kier molecular flexibility index (Phi) is 10.4. The molecule has 9 heteroatoms. The number of aromatic nitrogens is 3. The monoisotopic (exact) mass is 513 g/mol. The second-order valence-corrected chi connectivity index (χ2v) is 6.85. The predicted molar refractivity (Wildman–Crippen MR) is 126 cm³/mol. The van der Waals surface area contributed by atoms with Crippen molar-refractivity contribution in [3.63, 3.8) is 0 Å². The van der Waals surface area contributed by atoms with Gasteiger partial charge in [0.05, 0.1) is 13.2 Å². The van der Waals surface area contributed by atoms with E-state index >= 15 is 0 Å². The fraction of sp³-hybridized carbons (Fsp3) is 0.550. The van der Waals surface area contributed by atoms with Gasteiger partial charge in [-0.3, -0.25) is 9.89 Å². The normalized spacial score (nSPS) is 15.0. The van der Waals surface area contributed by atoms with Gasteiger partial charge in [0.25, 0.3) is 0 Å². The number of nitrogens with one attached hydrogen (secondary N) is 2. The molecule has 0 atom stereocenters.